The fraction of sp³-hybridized carbons (Fsp3) is 0.400. The number of halogens is 1. The average Bonchev–Trinajstić information content (AvgIpc) is 2.72. The van der Waals surface area contributed by atoms with E-state index in [2.05, 4.69) is 31.9 Å². The van der Waals surface area contributed by atoms with Crippen LogP contribution in [0.2, 0.25) is 0 Å². The molecule has 0 radical (unpaired) electrons. The molecule has 3 amide bonds. The molecule has 0 spiro atoms. The van der Waals surface area contributed by atoms with E-state index in [0.29, 0.717) is 17.9 Å². The normalized spacial score (nSPS) is 13.1. The molecule has 0 saturated carbocycles. The summed E-state index contributed by atoms with van der Waals surface area (Å²) in [5, 5.41) is 8.25. The Bertz CT molecular complexity index is 940. The van der Waals surface area contributed by atoms with E-state index in [1.54, 1.807) is 48.5 Å². The number of ether oxygens (including phenoxy) is 1. The number of hydrogen-bond donors (Lipinski definition) is 3. The van der Waals surface area contributed by atoms with E-state index >= 15 is 0 Å². The van der Waals surface area contributed by atoms with Crippen molar-refractivity contribution < 1.29 is 19.1 Å². The number of urea groups is 1. The Morgan fingerprint density at radius 2 is 1.55 bits per heavy atom. The molecule has 2 aromatic carbocycles. The Balaban J connectivity index is 2.11. The van der Waals surface area contributed by atoms with Gasteiger partial charge in [-0.15, -0.1) is 0 Å². The van der Waals surface area contributed by atoms with Crippen LogP contribution in [0.5, 0.6) is 5.75 Å². The summed E-state index contributed by atoms with van der Waals surface area (Å²) in [4.78, 5) is 38.6. The second kappa shape index (κ2) is 11.8. The van der Waals surface area contributed by atoms with Crippen LogP contribution in [-0.2, 0) is 9.59 Å². The number of para-hydroxylation sites is 1. The molecule has 2 atom stereocenters. The summed E-state index contributed by atoms with van der Waals surface area (Å²) < 4.78 is 6.37. The minimum atomic E-state index is -0.906. The minimum absolute atomic E-state index is 0.137. The quantitative estimate of drug-likeness (QED) is 0.334. The molecule has 0 bridgehead atoms. The zero-order valence-corrected chi connectivity index (χ0v) is 21.2. The number of rotatable bonds is 8. The van der Waals surface area contributed by atoms with Gasteiger partial charge in [0.1, 0.15) is 17.8 Å². The molecule has 0 aliphatic heterocycles. The maximum atomic E-state index is 13.2. The summed E-state index contributed by atoms with van der Waals surface area (Å²) in [7, 11) is 0. The van der Waals surface area contributed by atoms with Crippen molar-refractivity contribution in [2.75, 3.05) is 5.32 Å². The molecule has 1 unspecified atom stereocenters. The highest BCUT2D eigenvalue weighted by molar-refractivity contribution is 9.10. The van der Waals surface area contributed by atoms with Crippen LogP contribution >= 0.6 is 15.9 Å². The zero-order chi connectivity index (χ0) is 24.6. The minimum Gasteiger partial charge on any atom is -0.425 e. The zero-order valence-electron chi connectivity index (χ0n) is 19.6. The van der Waals surface area contributed by atoms with E-state index < -0.39 is 35.4 Å². The number of anilines is 1. The predicted octanol–water partition coefficient (Wildman–Crippen LogP) is 5.12. The van der Waals surface area contributed by atoms with Crippen LogP contribution in [0.4, 0.5) is 10.5 Å². The van der Waals surface area contributed by atoms with E-state index in [-0.39, 0.29) is 5.92 Å². The summed E-state index contributed by atoms with van der Waals surface area (Å²) in [5.74, 6) is -0.473. The van der Waals surface area contributed by atoms with Crippen molar-refractivity contribution in [3.05, 3.63) is 59.1 Å². The van der Waals surface area contributed by atoms with Crippen LogP contribution in [0.25, 0.3) is 0 Å². The van der Waals surface area contributed by atoms with Gasteiger partial charge in [-0.1, -0.05) is 68.7 Å². The van der Waals surface area contributed by atoms with Crippen molar-refractivity contribution in [1.29, 1.82) is 0 Å². The fourth-order valence-electron chi connectivity index (χ4n) is 3.10. The lowest BCUT2D eigenvalue weighted by atomic mass is 9.86. The number of carbonyl (C=O) groups excluding carboxylic acids is 3. The lowest BCUT2D eigenvalue weighted by Crippen LogP contribution is -2.57. The topological polar surface area (TPSA) is 96.5 Å². The van der Waals surface area contributed by atoms with Crippen molar-refractivity contribution in [2.45, 2.75) is 53.1 Å². The van der Waals surface area contributed by atoms with Crippen molar-refractivity contribution in [3.63, 3.8) is 0 Å². The van der Waals surface area contributed by atoms with Gasteiger partial charge >= 0.3 is 12.0 Å². The van der Waals surface area contributed by atoms with Gasteiger partial charge in [-0.25, -0.2) is 9.59 Å². The maximum Gasteiger partial charge on any atom is 0.334 e. The SMILES string of the molecule is CC(C)C[C@H](NC(=O)Nc1ccc(Br)cc1)C(=O)NC(C(=O)Oc1ccccc1)C(C)(C)C. The van der Waals surface area contributed by atoms with E-state index in [4.69, 9.17) is 4.74 Å². The molecule has 3 N–H and O–H groups in total. The van der Waals surface area contributed by atoms with Crippen LogP contribution in [0.3, 0.4) is 0 Å². The first-order valence-electron chi connectivity index (χ1n) is 10.9. The lowest BCUT2D eigenvalue weighted by Gasteiger charge is -2.31. The van der Waals surface area contributed by atoms with Crippen molar-refractivity contribution in [2.24, 2.45) is 11.3 Å². The molecule has 0 fully saturated rings. The standard InChI is InChI=1S/C25H32BrN3O4/c1-16(2)15-20(28-24(32)27-18-13-11-17(26)12-14-18)22(30)29-21(25(3,4)5)23(31)33-19-9-7-6-8-10-19/h6-14,16,20-21H,15H2,1-5H3,(H,29,30)(H2,27,28,32)/t20-,21?/m0/s1. The molecule has 0 aromatic heterocycles. The molecule has 0 saturated heterocycles. The summed E-state index contributed by atoms with van der Waals surface area (Å²) in [6, 6.07) is 13.6. The van der Waals surface area contributed by atoms with Crippen LogP contribution in [0.15, 0.2) is 59.1 Å². The maximum absolute atomic E-state index is 13.2. The van der Waals surface area contributed by atoms with Crippen LogP contribution < -0.4 is 20.7 Å². The second-order valence-electron chi connectivity index (χ2n) is 9.33. The molecule has 7 nitrogen and oxygen atoms in total. The molecule has 178 valence electrons. The molecular formula is C25H32BrN3O4. The third-order valence-electron chi connectivity index (χ3n) is 4.78. The molecule has 2 rings (SSSR count). The van der Waals surface area contributed by atoms with Gasteiger partial charge in [0.25, 0.3) is 0 Å². The Labute approximate surface area is 203 Å². The Hall–Kier alpha value is -2.87. The number of carbonyl (C=O) groups is 3. The van der Waals surface area contributed by atoms with Gasteiger partial charge in [0.2, 0.25) is 5.91 Å². The number of nitrogens with one attached hydrogen (secondary N) is 3. The van der Waals surface area contributed by atoms with Crippen molar-refractivity contribution in [3.8, 4) is 5.75 Å². The highest BCUT2D eigenvalue weighted by Crippen LogP contribution is 2.22. The van der Waals surface area contributed by atoms with Crippen molar-refractivity contribution in [1.82, 2.24) is 10.6 Å². The van der Waals surface area contributed by atoms with Gasteiger partial charge in [0, 0.05) is 10.2 Å². The molecule has 8 heteroatoms. The van der Waals surface area contributed by atoms with Gasteiger partial charge in [0.05, 0.1) is 0 Å². The number of amides is 3. The molecule has 33 heavy (non-hydrogen) atoms. The predicted molar refractivity (Wildman–Crippen MR) is 133 cm³/mol. The Morgan fingerprint density at radius 1 is 0.939 bits per heavy atom. The van der Waals surface area contributed by atoms with E-state index in [1.807, 2.05) is 40.7 Å². The Kier molecular flexibility index (Phi) is 9.46. The highest BCUT2D eigenvalue weighted by atomic mass is 79.9. The lowest BCUT2D eigenvalue weighted by molar-refractivity contribution is -0.142. The largest absolute Gasteiger partial charge is 0.425 e. The third-order valence-corrected chi connectivity index (χ3v) is 5.31. The second-order valence-corrected chi connectivity index (χ2v) is 10.2. The van der Waals surface area contributed by atoms with Gasteiger partial charge in [0.15, 0.2) is 0 Å². The van der Waals surface area contributed by atoms with Crippen LogP contribution in [0, 0.1) is 11.3 Å². The van der Waals surface area contributed by atoms with Crippen molar-refractivity contribution >= 4 is 39.5 Å². The molecular weight excluding hydrogens is 486 g/mol. The van der Waals surface area contributed by atoms with Crippen LogP contribution in [-0.4, -0.2) is 30.0 Å². The summed E-state index contributed by atoms with van der Waals surface area (Å²) in [6.45, 7) is 9.44. The van der Waals surface area contributed by atoms with E-state index in [9.17, 15) is 14.4 Å². The molecule has 0 aliphatic carbocycles. The number of hydrogen-bond acceptors (Lipinski definition) is 4. The summed E-state index contributed by atoms with van der Waals surface area (Å²) in [5.41, 5.74) is -0.0118. The average molecular weight is 518 g/mol. The monoisotopic (exact) mass is 517 g/mol. The number of esters is 1. The third kappa shape index (κ3) is 8.88. The molecule has 0 aliphatic rings. The molecule has 0 heterocycles. The fourth-order valence-corrected chi connectivity index (χ4v) is 3.36. The van der Waals surface area contributed by atoms with Gasteiger partial charge in [-0.3, -0.25) is 4.79 Å². The summed E-state index contributed by atoms with van der Waals surface area (Å²) >= 11 is 3.35. The van der Waals surface area contributed by atoms with E-state index in [0.717, 1.165) is 4.47 Å². The number of benzene rings is 2. The van der Waals surface area contributed by atoms with Gasteiger partial charge < -0.3 is 20.7 Å². The first-order valence-corrected chi connectivity index (χ1v) is 11.6. The van der Waals surface area contributed by atoms with Gasteiger partial charge in [-0.2, -0.15) is 0 Å². The van der Waals surface area contributed by atoms with Crippen LogP contribution in [0.1, 0.15) is 41.0 Å². The summed E-state index contributed by atoms with van der Waals surface area (Å²) in [6.07, 6.45) is 0.407. The highest BCUT2D eigenvalue weighted by Gasteiger charge is 2.36. The van der Waals surface area contributed by atoms with Gasteiger partial charge in [-0.05, 0) is 54.2 Å². The molecule has 2 aromatic rings. The first kappa shape index (κ1) is 26.4. The first-order chi connectivity index (χ1) is 15.5. The van der Waals surface area contributed by atoms with E-state index in [1.165, 1.54) is 0 Å². The Morgan fingerprint density at radius 3 is 2.09 bits per heavy atom. The smallest absolute Gasteiger partial charge is 0.334 e.